The van der Waals surface area contributed by atoms with Crippen LogP contribution in [0.2, 0.25) is 0 Å². The Kier molecular flexibility index (Phi) is 2.92. The maximum absolute atomic E-state index is 5.59. The van der Waals surface area contributed by atoms with Crippen molar-refractivity contribution in [2.45, 2.75) is 30.4 Å². The van der Waals surface area contributed by atoms with E-state index in [9.17, 15) is 0 Å². The molecule has 2 nitrogen and oxygen atoms in total. The Hall–Kier alpha value is -0.510. The molecule has 0 aliphatic carbocycles. The number of hydrogen-bond donors (Lipinski definition) is 1. The molecule has 1 N–H and O–H groups in total. The van der Waals surface area contributed by atoms with E-state index >= 15 is 0 Å². The minimum atomic E-state index is 0.572. The van der Waals surface area contributed by atoms with Gasteiger partial charge in [0.25, 0.3) is 0 Å². The first-order chi connectivity index (χ1) is 7.88. The van der Waals surface area contributed by atoms with Crippen LogP contribution in [-0.4, -0.2) is 19.4 Å². The Morgan fingerprint density at radius 1 is 1.44 bits per heavy atom. The Bertz CT molecular complexity index is 401. The van der Waals surface area contributed by atoms with E-state index in [4.69, 9.17) is 4.74 Å². The molecule has 0 spiro atoms. The van der Waals surface area contributed by atoms with Gasteiger partial charge in [0.15, 0.2) is 0 Å². The van der Waals surface area contributed by atoms with Crippen LogP contribution < -0.4 is 5.32 Å². The van der Waals surface area contributed by atoms with Crippen LogP contribution in [0.4, 0.5) is 0 Å². The zero-order valence-electron chi connectivity index (χ0n) is 9.58. The SMILES string of the molecule is CSc1cc2c(c(C3CCN3)c1)COCC2. The van der Waals surface area contributed by atoms with Crippen LogP contribution >= 0.6 is 11.8 Å². The van der Waals surface area contributed by atoms with Crippen molar-refractivity contribution in [3.8, 4) is 0 Å². The molecule has 1 saturated heterocycles. The van der Waals surface area contributed by atoms with Crippen LogP contribution in [0.15, 0.2) is 17.0 Å². The number of hydrogen-bond acceptors (Lipinski definition) is 3. The second-order valence-electron chi connectivity index (χ2n) is 4.45. The van der Waals surface area contributed by atoms with Crippen molar-refractivity contribution in [2.24, 2.45) is 0 Å². The smallest absolute Gasteiger partial charge is 0.0722 e. The zero-order valence-corrected chi connectivity index (χ0v) is 10.4. The average Bonchev–Trinajstić information content (AvgIpc) is 2.26. The van der Waals surface area contributed by atoms with Gasteiger partial charge in [-0.15, -0.1) is 11.8 Å². The molecule has 3 rings (SSSR count). The third-order valence-electron chi connectivity index (χ3n) is 3.55. The molecule has 0 amide bonds. The van der Waals surface area contributed by atoms with Crippen LogP contribution in [0.3, 0.4) is 0 Å². The van der Waals surface area contributed by atoms with Gasteiger partial charge in [-0.25, -0.2) is 0 Å². The molecular weight excluding hydrogens is 218 g/mol. The summed E-state index contributed by atoms with van der Waals surface area (Å²) in [7, 11) is 0. The number of thioether (sulfide) groups is 1. The molecule has 2 aliphatic heterocycles. The fraction of sp³-hybridized carbons (Fsp3) is 0.538. The maximum atomic E-state index is 5.59. The Labute approximate surface area is 101 Å². The Balaban J connectivity index is 2.05. The normalized spacial score (nSPS) is 23.7. The molecule has 1 aromatic rings. The molecule has 0 bridgehead atoms. The highest BCUT2D eigenvalue weighted by atomic mass is 32.2. The summed E-state index contributed by atoms with van der Waals surface area (Å²) in [6.45, 7) is 2.84. The molecule has 3 heteroatoms. The average molecular weight is 235 g/mol. The summed E-state index contributed by atoms with van der Waals surface area (Å²) < 4.78 is 5.59. The Morgan fingerprint density at radius 3 is 3.00 bits per heavy atom. The summed E-state index contributed by atoms with van der Waals surface area (Å²) in [5.74, 6) is 0. The van der Waals surface area contributed by atoms with Gasteiger partial charge in [0, 0.05) is 10.9 Å². The van der Waals surface area contributed by atoms with Gasteiger partial charge in [-0.3, -0.25) is 0 Å². The maximum Gasteiger partial charge on any atom is 0.0722 e. The summed E-state index contributed by atoms with van der Waals surface area (Å²) in [5.41, 5.74) is 4.43. The highest BCUT2D eigenvalue weighted by Gasteiger charge is 2.24. The van der Waals surface area contributed by atoms with Crippen molar-refractivity contribution in [1.82, 2.24) is 5.32 Å². The van der Waals surface area contributed by atoms with Gasteiger partial charge < -0.3 is 10.1 Å². The van der Waals surface area contributed by atoms with Crippen molar-refractivity contribution < 1.29 is 4.74 Å². The quantitative estimate of drug-likeness (QED) is 0.796. The number of rotatable bonds is 2. The lowest BCUT2D eigenvalue weighted by Crippen LogP contribution is -2.36. The van der Waals surface area contributed by atoms with Crippen molar-refractivity contribution in [1.29, 1.82) is 0 Å². The van der Waals surface area contributed by atoms with E-state index in [2.05, 4.69) is 23.7 Å². The molecular formula is C13H17NOS. The van der Waals surface area contributed by atoms with Gasteiger partial charge in [-0.1, -0.05) is 0 Å². The third kappa shape index (κ3) is 1.77. The predicted octanol–water partition coefficient (Wildman–Crippen LogP) is 2.52. The minimum Gasteiger partial charge on any atom is -0.376 e. The van der Waals surface area contributed by atoms with Crippen LogP contribution in [0.5, 0.6) is 0 Å². The second kappa shape index (κ2) is 4.40. The summed E-state index contributed by atoms with van der Waals surface area (Å²) in [5, 5.41) is 3.50. The van der Waals surface area contributed by atoms with E-state index < -0.39 is 0 Å². The standard InChI is InChI=1S/C13H17NOS/c1-16-10-6-9-3-5-15-8-12(9)11(7-10)13-2-4-14-13/h6-7,13-14H,2-5,8H2,1H3. The van der Waals surface area contributed by atoms with Crippen LogP contribution in [0.1, 0.15) is 29.2 Å². The van der Waals surface area contributed by atoms with Gasteiger partial charge >= 0.3 is 0 Å². The van der Waals surface area contributed by atoms with Gasteiger partial charge in [-0.2, -0.15) is 0 Å². The molecule has 86 valence electrons. The largest absolute Gasteiger partial charge is 0.376 e. The topological polar surface area (TPSA) is 21.3 Å². The molecule has 0 radical (unpaired) electrons. The fourth-order valence-electron chi connectivity index (χ4n) is 2.46. The van der Waals surface area contributed by atoms with Gasteiger partial charge in [0.1, 0.15) is 0 Å². The molecule has 1 fully saturated rings. The molecule has 1 atom stereocenters. The molecule has 1 aromatic carbocycles. The summed E-state index contributed by atoms with van der Waals surface area (Å²) in [6, 6.07) is 5.25. The molecule has 0 aromatic heterocycles. The van der Waals surface area contributed by atoms with Gasteiger partial charge in [-0.05, 0) is 54.5 Å². The molecule has 2 aliphatic rings. The molecule has 0 saturated carbocycles. The fourth-order valence-corrected chi connectivity index (χ4v) is 2.97. The Morgan fingerprint density at radius 2 is 2.31 bits per heavy atom. The van der Waals surface area contributed by atoms with Gasteiger partial charge in [0.2, 0.25) is 0 Å². The van der Waals surface area contributed by atoms with E-state index in [1.807, 2.05) is 11.8 Å². The van der Waals surface area contributed by atoms with Gasteiger partial charge in [0.05, 0.1) is 13.2 Å². The predicted molar refractivity (Wildman–Crippen MR) is 66.9 cm³/mol. The lowest BCUT2D eigenvalue weighted by atomic mass is 9.89. The van der Waals surface area contributed by atoms with Crippen molar-refractivity contribution >= 4 is 11.8 Å². The van der Waals surface area contributed by atoms with E-state index in [1.54, 1.807) is 0 Å². The highest BCUT2D eigenvalue weighted by molar-refractivity contribution is 7.98. The second-order valence-corrected chi connectivity index (χ2v) is 5.33. The molecule has 16 heavy (non-hydrogen) atoms. The summed E-state index contributed by atoms with van der Waals surface area (Å²) in [6.07, 6.45) is 4.49. The van der Waals surface area contributed by atoms with Crippen LogP contribution in [0, 0.1) is 0 Å². The summed E-state index contributed by atoms with van der Waals surface area (Å²) in [4.78, 5) is 1.39. The number of benzene rings is 1. The third-order valence-corrected chi connectivity index (χ3v) is 4.25. The lowest BCUT2D eigenvalue weighted by molar-refractivity contribution is 0.109. The molecule has 2 heterocycles. The van der Waals surface area contributed by atoms with E-state index in [1.165, 1.54) is 28.0 Å². The van der Waals surface area contributed by atoms with Crippen molar-refractivity contribution in [3.63, 3.8) is 0 Å². The minimum absolute atomic E-state index is 0.572. The summed E-state index contributed by atoms with van der Waals surface area (Å²) >= 11 is 1.84. The highest BCUT2D eigenvalue weighted by Crippen LogP contribution is 2.34. The van der Waals surface area contributed by atoms with E-state index in [-0.39, 0.29) is 0 Å². The first-order valence-electron chi connectivity index (χ1n) is 5.89. The first-order valence-corrected chi connectivity index (χ1v) is 7.12. The van der Waals surface area contributed by atoms with E-state index in [0.717, 1.165) is 26.2 Å². The zero-order chi connectivity index (χ0) is 11.0. The number of fused-ring (bicyclic) bond motifs is 1. The van der Waals surface area contributed by atoms with Crippen molar-refractivity contribution in [3.05, 3.63) is 28.8 Å². The molecule has 1 unspecified atom stereocenters. The van der Waals surface area contributed by atoms with Crippen molar-refractivity contribution in [2.75, 3.05) is 19.4 Å². The van der Waals surface area contributed by atoms with E-state index in [0.29, 0.717) is 6.04 Å². The number of ether oxygens (including phenoxy) is 1. The number of nitrogens with one attached hydrogen (secondary N) is 1. The van der Waals surface area contributed by atoms with Crippen LogP contribution in [0.25, 0.3) is 0 Å². The first kappa shape index (κ1) is 10.6. The lowest BCUT2D eigenvalue weighted by Gasteiger charge is -2.32. The van der Waals surface area contributed by atoms with Crippen LogP contribution in [-0.2, 0) is 17.8 Å². The monoisotopic (exact) mass is 235 g/mol.